The monoisotopic (exact) mass is 290 g/mol. The van der Waals surface area contributed by atoms with Gasteiger partial charge < -0.3 is 15.4 Å². The van der Waals surface area contributed by atoms with E-state index in [1.165, 1.54) is 12.8 Å². The maximum Gasteiger partial charge on any atom is 0.226 e. The number of hydrogen-bond donors (Lipinski definition) is 2. The standard InChI is InChI=1S/C14H26N2O2.ClH/c1-18-10-7-14(5-2-6-14)13(17)16-9-4-12-3-8-15-11-12;/h12,15H,2-11H2,1H3,(H,16,17);1H. The highest BCUT2D eigenvalue weighted by Gasteiger charge is 2.43. The van der Waals surface area contributed by atoms with E-state index < -0.39 is 0 Å². The third kappa shape index (κ3) is 4.33. The van der Waals surface area contributed by atoms with Crippen molar-refractivity contribution in [2.75, 3.05) is 33.4 Å². The summed E-state index contributed by atoms with van der Waals surface area (Å²) in [7, 11) is 1.71. The third-order valence-corrected chi connectivity index (χ3v) is 4.58. The molecule has 0 aromatic heterocycles. The summed E-state index contributed by atoms with van der Waals surface area (Å²) in [5, 5.41) is 6.50. The van der Waals surface area contributed by atoms with Gasteiger partial charge in [0, 0.05) is 20.3 Å². The fourth-order valence-corrected chi connectivity index (χ4v) is 3.03. The molecule has 2 rings (SSSR count). The number of rotatable bonds is 7. The van der Waals surface area contributed by atoms with E-state index in [-0.39, 0.29) is 23.7 Å². The zero-order chi connectivity index (χ0) is 12.8. The first kappa shape index (κ1) is 16.7. The molecule has 2 aliphatic rings. The van der Waals surface area contributed by atoms with Crippen LogP contribution >= 0.6 is 12.4 Å². The second kappa shape index (κ2) is 8.08. The van der Waals surface area contributed by atoms with Crippen LogP contribution in [0.2, 0.25) is 0 Å². The summed E-state index contributed by atoms with van der Waals surface area (Å²) < 4.78 is 5.12. The molecule has 112 valence electrons. The van der Waals surface area contributed by atoms with Crippen molar-refractivity contribution in [1.82, 2.24) is 10.6 Å². The predicted molar refractivity (Wildman–Crippen MR) is 78.6 cm³/mol. The quantitative estimate of drug-likeness (QED) is 0.751. The fraction of sp³-hybridized carbons (Fsp3) is 0.929. The molecule has 1 unspecified atom stereocenters. The molecule has 0 spiro atoms. The first-order chi connectivity index (χ1) is 8.77. The van der Waals surface area contributed by atoms with Gasteiger partial charge in [0.25, 0.3) is 0 Å². The molecule has 2 fully saturated rings. The second-order valence-electron chi connectivity index (χ2n) is 5.78. The molecule has 4 nitrogen and oxygen atoms in total. The van der Waals surface area contributed by atoms with Crippen molar-refractivity contribution in [1.29, 1.82) is 0 Å². The van der Waals surface area contributed by atoms with Crippen LogP contribution in [0.3, 0.4) is 0 Å². The van der Waals surface area contributed by atoms with Crippen molar-refractivity contribution in [3.63, 3.8) is 0 Å². The summed E-state index contributed by atoms with van der Waals surface area (Å²) in [6.45, 7) is 3.78. The highest BCUT2D eigenvalue weighted by atomic mass is 35.5. The Morgan fingerprint density at radius 1 is 1.47 bits per heavy atom. The van der Waals surface area contributed by atoms with Gasteiger partial charge in [-0.2, -0.15) is 0 Å². The summed E-state index contributed by atoms with van der Waals surface area (Å²) in [6.07, 6.45) is 6.49. The molecule has 5 heteroatoms. The normalized spacial score (nSPS) is 24.4. The number of methoxy groups -OCH3 is 1. The van der Waals surface area contributed by atoms with Gasteiger partial charge in [0.15, 0.2) is 0 Å². The summed E-state index contributed by atoms with van der Waals surface area (Å²) in [4.78, 5) is 12.2. The molecule has 1 atom stereocenters. The van der Waals surface area contributed by atoms with Crippen molar-refractivity contribution in [2.24, 2.45) is 11.3 Å². The molecule has 0 aromatic rings. The van der Waals surface area contributed by atoms with E-state index in [2.05, 4.69) is 10.6 Å². The minimum Gasteiger partial charge on any atom is -0.385 e. The van der Waals surface area contributed by atoms with E-state index in [1.54, 1.807) is 7.11 Å². The van der Waals surface area contributed by atoms with E-state index in [1.807, 2.05) is 0 Å². The maximum atomic E-state index is 12.2. The van der Waals surface area contributed by atoms with Crippen molar-refractivity contribution in [3.05, 3.63) is 0 Å². The van der Waals surface area contributed by atoms with Crippen molar-refractivity contribution in [3.8, 4) is 0 Å². The minimum absolute atomic E-state index is 0. The number of halogens is 1. The topological polar surface area (TPSA) is 50.4 Å². The maximum absolute atomic E-state index is 12.2. The van der Waals surface area contributed by atoms with E-state index in [9.17, 15) is 4.79 Å². The van der Waals surface area contributed by atoms with Crippen molar-refractivity contribution < 1.29 is 9.53 Å². The van der Waals surface area contributed by atoms with Crippen LogP contribution in [-0.2, 0) is 9.53 Å². The largest absolute Gasteiger partial charge is 0.385 e. The molecule has 19 heavy (non-hydrogen) atoms. The molecule has 0 aromatic carbocycles. The van der Waals surface area contributed by atoms with E-state index in [0.717, 1.165) is 51.2 Å². The molecule has 0 radical (unpaired) electrons. The Balaban J connectivity index is 0.00000180. The number of ether oxygens (including phenoxy) is 1. The van der Waals surface area contributed by atoms with Gasteiger partial charge >= 0.3 is 0 Å². The van der Waals surface area contributed by atoms with Crippen LogP contribution in [0.25, 0.3) is 0 Å². The van der Waals surface area contributed by atoms with Crippen LogP contribution in [0.1, 0.15) is 38.5 Å². The summed E-state index contributed by atoms with van der Waals surface area (Å²) >= 11 is 0. The molecule has 0 bridgehead atoms. The Bertz CT molecular complexity index is 277. The van der Waals surface area contributed by atoms with Crippen LogP contribution in [0.15, 0.2) is 0 Å². The number of amides is 1. The molecule has 1 saturated carbocycles. The van der Waals surface area contributed by atoms with E-state index in [0.29, 0.717) is 6.61 Å². The number of nitrogens with one attached hydrogen (secondary N) is 2. The fourth-order valence-electron chi connectivity index (χ4n) is 3.03. The zero-order valence-electron chi connectivity index (χ0n) is 11.9. The first-order valence-electron chi connectivity index (χ1n) is 7.25. The lowest BCUT2D eigenvalue weighted by molar-refractivity contribution is -0.137. The lowest BCUT2D eigenvalue weighted by atomic mass is 9.66. The van der Waals surface area contributed by atoms with Crippen LogP contribution in [0.5, 0.6) is 0 Å². The second-order valence-corrected chi connectivity index (χ2v) is 5.78. The smallest absolute Gasteiger partial charge is 0.226 e. The van der Waals surface area contributed by atoms with Gasteiger partial charge in [0.05, 0.1) is 5.41 Å². The summed E-state index contributed by atoms with van der Waals surface area (Å²) in [5.41, 5.74) is -0.107. The van der Waals surface area contributed by atoms with Gasteiger partial charge in [-0.15, -0.1) is 12.4 Å². The van der Waals surface area contributed by atoms with Gasteiger partial charge in [0.1, 0.15) is 0 Å². The van der Waals surface area contributed by atoms with Gasteiger partial charge in [0.2, 0.25) is 5.91 Å². The number of carbonyl (C=O) groups excluding carboxylic acids is 1. The zero-order valence-corrected chi connectivity index (χ0v) is 12.7. The Kier molecular flexibility index (Phi) is 7.11. The Morgan fingerprint density at radius 2 is 2.26 bits per heavy atom. The first-order valence-corrected chi connectivity index (χ1v) is 7.25. The highest BCUT2D eigenvalue weighted by molar-refractivity contribution is 5.85. The number of hydrogen-bond acceptors (Lipinski definition) is 3. The van der Waals surface area contributed by atoms with Crippen molar-refractivity contribution in [2.45, 2.75) is 38.5 Å². The summed E-state index contributed by atoms with van der Waals surface area (Å²) in [6, 6.07) is 0. The Morgan fingerprint density at radius 3 is 2.79 bits per heavy atom. The van der Waals surface area contributed by atoms with Gasteiger partial charge in [-0.1, -0.05) is 6.42 Å². The Hall–Kier alpha value is -0.320. The van der Waals surface area contributed by atoms with Crippen LogP contribution in [0.4, 0.5) is 0 Å². The molecule has 1 heterocycles. The Labute approximate surface area is 122 Å². The van der Waals surface area contributed by atoms with Gasteiger partial charge in [-0.05, 0) is 51.1 Å². The van der Waals surface area contributed by atoms with Gasteiger partial charge in [-0.3, -0.25) is 4.79 Å². The molecule has 2 N–H and O–H groups in total. The molecule has 1 aliphatic heterocycles. The lowest BCUT2D eigenvalue weighted by Gasteiger charge is -2.40. The highest BCUT2D eigenvalue weighted by Crippen LogP contribution is 2.44. The molecular weight excluding hydrogens is 264 g/mol. The molecule has 1 amide bonds. The lowest BCUT2D eigenvalue weighted by Crippen LogP contribution is -2.46. The van der Waals surface area contributed by atoms with Crippen molar-refractivity contribution >= 4 is 18.3 Å². The molecular formula is C14H27ClN2O2. The molecule has 1 aliphatic carbocycles. The average Bonchev–Trinajstić information content (AvgIpc) is 2.81. The minimum atomic E-state index is -0.107. The van der Waals surface area contributed by atoms with Gasteiger partial charge in [-0.25, -0.2) is 0 Å². The van der Waals surface area contributed by atoms with Crippen LogP contribution < -0.4 is 10.6 Å². The van der Waals surface area contributed by atoms with Crippen LogP contribution in [0, 0.1) is 11.3 Å². The molecule has 1 saturated heterocycles. The number of carbonyl (C=O) groups is 1. The van der Waals surface area contributed by atoms with E-state index in [4.69, 9.17) is 4.74 Å². The van der Waals surface area contributed by atoms with E-state index >= 15 is 0 Å². The predicted octanol–water partition coefficient (Wildman–Crippen LogP) is 1.73. The summed E-state index contributed by atoms with van der Waals surface area (Å²) in [5.74, 6) is 1.01. The van der Waals surface area contributed by atoms with Crippen LogP contribution in [-0.4, -0.2) is 39.3 Å². The average molecular weight is 291 g/mol. The third-order valence-electron chi connectivity index (χ3n) is 4.58. The SMILES string of the molecule is COCCC1(C(=O)NCCC2CCNC2)CCC1.Cl.